The van der Waals surface area contributed by atoms with Crippen molar-refractivity contribution in [3.63, 3.8) is 0 Å². The van der Waals surface area contributed by atoms with Crippen molar-refractivity contribution in [1.29, 1.82) is 0 Å². The highest BCUT2D eigenvalue weighted by Crippen LogP contribution is 2.31. The highest BCUT2D eigenvalue weighted by atomic mass is 32.1. The molecular weight excluding hydrogens is 266 g/mol. The summed E-state index contributed by atoms with van der Waals surface area (Å²) < 4.78 is 0. The maximum absolute atomic E-state index is 4.90. The van der Waals surface area contributed by atoms with Crippen LogP contribution in [0.3, 0.4) is 0 Å². The predicted molar refractivity (Wildman–Crippen MR) is 91.0 cm³/mol. The molecule has 0 radical (unpaired) electrons. The predicted octanol–water partition coefficient (Wildman–Crippen LogP) is 4.39. The van der Waals surface area contributed by atoms with E-state index in [-0.39, 0.29) is 5.54 Å². The lowest BCUT2D eigenvalue weighted by molar-refractivity contribution is 0.425. The molecule has 4 heteroatoms. The van der Waals surface area contributed by atoms with E-state index in [9.17, 15) is 0 Å². The molecule has 0 saturated carbocycles. The standard InChI is InChI=1S/C16H31N3S/c1-8-10-19(9-2)15-18-14(12(3)4)13(20-15)11-17-16(5,6)7/h12,17H,8-11H2,1-7H3. The van der Waals surface area contributed by atoms with Crippen molar-refractivity contribution in [3.8, 4) is 0 Å². The molecule has 0 unspecified atom stereocenters. The van der Waals surface area contributed by atoms with E-state index in [4.69, 9.17) is 4.98 Å². The summed E-state index contributed by atoms with van der Waals surface area (Å²) in [6.45, 7) is 18.6. The van der Waals surface area contributed by atoms with Gasteiger partial charge in [-0.05, 0) is 40.0 Å². The number of hydrogen-bond acceptors (Lipinski definition) is 4. The molecule has 0 spiro atoms. The Morgan fingerprint density at radius 1 is 1.25 bits per heavy atom. The topological polar surface area (TPSA) is 28.2 Å². The summed E-state index contributed by atoms with van der Waals surface area (Å²) in [7, 11) is 0. The third kappa shape index (κ3) is 5.06. The number of anilines is 1. The summed E-state index contributed by atoms with van der Waals surface area (Å²) >= 11 is 1.85. The zero-order chi connectivity index (χ0) is 15.3. The number of thiazole rings is 1. The van der Waals surface area contributed by atoms with Gasteiger partial charge in [-0.15, -0.1) is 11.3 Å². The average molecular weight is 298 g/mol. The van der Waals surface area contributed by atoms with E-state index in [0.29, 0.717) is 5.92 Å². The van der Waals surface area contributed by atoms with Crippen LogP contribution in [0.1, 0.15) is 71.4 Å². The quantitative estimate of drug-likeness (QED) is 0.809. The van der Waals surface area contributed by atoms with Crippen LogP contribution in [0.5, 0.6) is 0 Å². The summed E-state index contributed by atoms with van der Waals surface area (Å²) in [5, 5.41) is 4.77. The van der Waals surface area contributed by atoms with Gasteiger partial charge in [-0.3, -0.25) is 0 Å². The molecule has 0 aliphatic heterocycles. The number of aromatic nitrogens is 1. The smallest absolute Gasteiger partial charge is 0.185 e. The number of rotatable bonds is 7. The molecule has 1 aromatic heterocycles. The highest BCUT2D eigenvalue weighted by Gasteiger charge is 2.18. The van der Waals surface area contributed by atoms with E-state index in [1.807, 2.05) is 11.3 Å². The van der Waals surface area contributed by atoms with Gasteiger partial charge in [0, 0.05) is 30.1 Å². The lowest BCUT2D eigenvalue weighted by Gasteiger charge is -2.20. The second-order valence-electron chi connectivity index (χ2n) is 6.64. The molecule has 0 saturated heterocycles. The normalized spacial score (nSPS) is 12.2. The molecule has 1 aromatic rings. The Bertz CT molecular complexity index is 404. The van der Waals surface area contributed by atoms with Crippen molar-refractivity contribution in [2.45, 2.75) is 72.9 Å². The lowest BCUT2D eigenvalue weighted by Crippen LogP contribution is -2.35. The van der Waals surface area contributed by atoms with E-state index < -0.39 is 0 Å². The zero-order valence-electron chi connectivity index (χ0n) is 14.2. The molecule has 0 aromatic carbocycles. The molecule has 20 heavy (non-hydrogen) atoms. The van der Waals surface area contributed by atoms with Crippen molar-refractivity contribution < 1.29 is 0 Å². The first-order chi connectivity index (χ1) is 9.28. The minimum absolute atomic E-state index is 0.145. The summed E-state index contributed by atoms with van der Waals surface area (Å²) in [6.07, 6.45) is 1.17. The zero-order valence-corrected chi connectivity index (χ0v) is 15.0. The van der Waals surface area contributed by atoms with Crippen LogP contribution in [0.15, 0.2) is 0 Å². The second kappa shape index (κ2) is 7.41. The summed E-state index contributed by atoms with van der Waals surface area (Å²) in [5.41, 5.74) is 1.41. The van der Waals surface area contributed by atoms with Gasteiger partial charge in [-0.2, -0.15) is 0 Å². The van der Waals surface area contributed by atoms with Crippen LogP contribution < -0.4 is 10.2 Å². The molecule has 0 fully saturated rings. The molecule has 0 bridgehead atoms. The van der Waals surface area contributed by atoms with Crippen LogP contribution in [0.2, 0.25) is 0 Å². The van der Waals surface area contributed by atoms with Crippen molar-refractivity contribution in [2.75, 3.05) is 18.0 Å². The minimum atomic E-state index is 0.145. The third-order valence-electron chi connectivity index (χ3n) is 3.19. The Hall–Kier alpha value is -0.610. The van der Waals surface area contributed by atoms with Crippen LogP contribution in [0, 0.1) is 0 Å². The first kappa shape index (κ1) is 17.4. The van der Waals surface area contributed by atoms with Gasteiger partial charge in [0.25, 0.3) is 0 Å². The van der Waals surface area contributed by atoms with Crippen LogP contribution in [0.25, 0.3) is 0 Å². The van der Waals surface area contributed by atoms with Crippen LogP contribution in [0.4, 0.5) is 5.13 Å². The van der Waals surface area contributed by atoms with Gasteiger partial charge in [0.05, 0.1) is 5.69 Å². The van der Waals surface area contributed by atoms with E-state index in [1.165, 1.54) is 22.1 Å². The minimum Gasteiger partial charge on any atom is -0.348 e. The molecule has 1 N–H and O–H groups in total. The number of nitrogens with zero attached hydrogens (tertiary/aromatic N) is 2. The molecular formula is C16H31N3S. The lowest BCUT2D eigenvalue weighted by atomic mass is 10.1. The largest absolute Gasteiger partial charge is 0.348 e. The van der Waals surface area contributed by atoms with E-state index in [0.717, 1.165) is 19.6 Å². The summed E-state index contributed by atoms with van der Waals surface area (Å²) in [5.74, 6) is 0.483. The van der Waals surface area contributed by atoms with Gasteiger partial charge >= 0.3 is 0 Å². The number of hydrogen-bond donors (Lipinski definition) is 1. The van der Waals surface area contributed by atoms with Gasteiger partial charge in [0.15, 0.2) is 5.13 Å². The van der Waals surface area contributed by atoms with E-state index in [2.05, 4.69) is 58.7 Å². The molecule has 1 rings (SSSR count). The Morgan fingerprint density at radius 2 is 1.90 bits per heavy atom. The fraction of sp³-hybridized carbons (Fsp3) is 0.812. The fourth-order valence-electron chi connectivity index (χ4n) is 2.07. The first-order valence-corrected chi connectivity index (χ1v) is 8.59. The van der Waals surface area contributed by atoms with Crippen molar-refractivity contribution in [3.05, 3.63) is 10.6 Å². The maximum atomic E-state index is 4.90. The molecule has 116 valence electrons. The van der Waals surface area contributed by atoms with Crippen molar-refractivity contribution in [2.24, 2.45) is 0 Å². The van der Waals surface area contributed by atoms with Gasteiger partial charge in [0.2, 0.25) is 0 Å². The van der Waals surface area contributed by atoms with E-state index in [1.54, 1.807) is 0 Å². The van der Waals surface area contributed by atoms with Gasteiger partial charge in [-0.1, -0.05) is 20.8 Å². The van der Waals surface area contributed by atoms with Crippen LogP contribution in [-0.2, 0) is 6.54 Å². The molecule has 0 amide bonds. The van der Waals surface area contributed by atoms with Crippen molar-refractivity contribution >= 4 is 16.5 Å². The maximum Gasteiger partial charge on any atom is 0.185 e. The molecule has 0 aliphatic carbocycles. The second-order valence-corrected chi connectivity index (χ2v) is 7.70. The number of nitrogens with one attached hydrogen (secondary N) is 1. The van der Waals surface area contributed by atoms with Crippen LogP contribution in [-0.4, -0.2) is 23.6 Å². The first-order valence-electron chi connectivity index (χ1n) is 7.78. The van der Waals surface area contributed by atoms with Gasteiger partial charge in [0.1, 0.15) is 0 Å². The molecule has 0 atom stereocenters. The van der Waals surface area contributed by atoms with Crippen molar-refractivity contribution in [1.82, 2.24) is 10.3 Å². The summed E-state index contributed by atoms with van der Waals surface area (Å²) in [4.78, 5) is 8.68. The molecule has 3 nitrogen and oxygen atoms in total. The average Bonchev–Trinajstić information content (AvgIpc) is 2.76. The molecule has 0 aliphatic rings. The van der Waals surface area contributed by atoms with Gasteiger partial charge < -0.3 is 10.2 Å². The van der Waals surface area contributed by atoms with E-state index >= 15 is 0 Å². The SMILES string of the molecule is CCCN(CC)c1nc(C(C)C)c(CNC(C)(C)C)s1. The summed E-state index contributed by atoms with van der Waals surface area (Å²) in [6, 6.07) is 0. The van der Waals surface area contributed by atoms with Crippen LogP contribution >= 0.6 is 11.3 Å². The monoisotopic (exact) mass is 297 g/mol. The Balaban J connectivity index is 2.95. The Kier molecular flexibility index (Phi) is 6.46. The van der Waals surface area contributed by atoms with Gasteiger partial charge in [-0.25, -0.2) is 4.98 Å². The molecule has 1 heterocycles. The third-order valence-corrected chi connectivity index (χ3v) is 4.32. The Labute approximate surface area is 128 Å². The fourth-order valence-corrected chi connectivity index (χ4v) is 3.31. The Morgan fingerprint density at radius 3 is 2.35 bits per heavy atom. The highest BCUT2D eigenvalue weighted by molar-refractivity contribution is 7.15.